The number of aryl methyl sites for hydroxylation is 2. The number of carbonyl (C=O) groups excluding carboxylic acids is 3. The zero-order chi connectivity index (χ0) is 33.5. The summed E-state index contributed by atoms with van der Waals surface area (Å²) < 4.78 is 0. The minimum atomic E-state index is -1.24. The number of benzene rings is 2. The van der Waals surface area contributed by atoms with Crippen LogP contribution in [0.5, 0.6) is 5.75 Å². The Labute approximate surface area is 263 Å². The number of carbonyl (C=O) groups is 4. The maximum atomic E-state index is 13.7. The first-order valence-corrected chi connectivity index (χ1v) is 14.8. The first-order valence-electron chi connectivity index (χ1n) is 14.8. The maximum absolute atomic E-state index is 13.7. The van der Waals surface area contributed by atoms with Crippen LogP contribution in [0.2, 0.25) is 0 Å². The van der Waals surface area contributed by atoms with Gasteiger partial charge in [0.2, 0.25) is 17.7 Å². The maximum Gasteiger partial charge on any atom is 0.326 e. The first-order chi connectivity index (χ1) is 21.3. The number of amides is 3. The molecule has 45 heavy (non-hydrogen) atoms. The van der Waals surface area contributed by atoms with E-state index >= 15 is 0 Å². The lowest BCUT2D eigenvalue weighted by molar-refractivity contribution is -0.142. The molecule has 0 unspecified atom stereocenters. The smallest absolute Gasteiger partial charge is 0.326 e. The van der Waals surface area contributed by atoms with Gasteiger partial charge in [-0.1, -0.05) is 30.3 Å². The van der Waals surface area contributed by atoms with Crippen LogP contribution < -0.4 is 38.9 Å². The van der Waals surface area contributed by atoms with E-state index < -0.39 is 47.9 Å². The van der Waals surface area contributed by atoms with Crippen LogP contribution in [-0.4, -0.2) is 77.1 Å². The third-order valence-electron chi connectivity index (χ3n) is 7.25. The van der Waals surface area contributed by atoms with Crippen molar-refractivity contribution in [3.05, 3.63) is 64.7 Å². The summed E-state index contributed by atoms with van der Waals surface area (Å²) in [6.07, 6.45) is 1.24. The van der Waals surface area contributed by atoms with Crippen molar-refractivity contribution in [2.75, 3.05) is 13.1 Å². The average molecular weight is 627 g/mol. The number of nitrogens with one attached hydrogen (secondary N) is 3. The molecule has 0 saturated heterocycles. The number of nitrogens with zero attached hydrogens (tertiary/aromatic N) is 1. The van der Waals surface area contributed by atoms with E-state index in [0.717, 1.165) is 0 Å². The molecule has 0 aromatic heterocycles. The van der Waals surface area contributed by atoms with Crippen molar-refractivity contribution in [3.8, 4) is 5.75 Å². The molecule has 13 N–H and O–H groups in total. The molecule has 14 nitrogen and oxygen atoms in total. The van der Waals surface area contributed by atoms with Gasteiger partial charge in [-0.05, 0) is 80.5 Å². The van der Waals surface area contributed by atoms with Crippen LogP contribution in [0, 0.1) is 13.8 Å². The van der Waals surface area contributed by atoms with Crippen LogP contribution in [0.25, 0.3) is 0 Å². The number of aliphatic carboxylic acids is 1. The van der Waals surface area contributed by atoms with E-state index in [9.17, 15) is 29.4 Å². The average Bonchev–Trinajstić information content (AvgIpc) is 2.98. The van der Waals surface area contributed by atoms with E-state index in [4.69, 9.17) is 22.9 Å². The standard InChI is InChI=1S/C31H46N8O6/c1-18-14-21(40)15-19(2)22(18)17-25(38-27(41)23(33)10-7-13-36-31(34)35)29(43)37-24(11-6-12-32)28(42)39-26(30(44)45)16-20-8-4-3-5-9-20/h3-5,8-9,14-15,23-26,40H,6-7,10-13,16-17,32-33H2,1-2H3,(H,37,43)(H,38,41)(H,39,42)(H,44,45)(H4,34,35,36)/t23-,24+,25+,26+/m1/s1. The number of rotatable bonds is 18. The monoisotopic (exact) mass is 626 g/mol. The van der Waals surface area contributed by atoms with E-state index in [-0.39, 0.29) is 50.5 Å². The number of guanidine groups is 1. The van der Waals surface area contributed by atoms with Gasteiger partial charge >= 0.3 is 5.97 Å². The summed E-state index contributed by atoms with van der Waals surface area (Å²) in [4.78, 5) is 56.0. The Kier molecular flexibility index (Phi) is 14.8. The molecule has 14 heteroatoms. The van der Waals surface area contributed by atoms with Crippen molar-refractivity contribution in [2.45, 2.75) is 76.5 Å². The van der Waals surface area contributed by atoms with Crippen molar-refractivity contribution in [3.63, 3.8) is 0 Å². The highest BCUT2D eigenvalue weighted by Gasteiger charge is 2.31. The summed E-state index contributed by atoms with van der Waals surface area (Å²) in [6, 6.07) is 7.43. The molecule has 2 aromatic rings. The van der Waals surface area contributed by atoms with E-state index in [2.05, 4.69) is 20.9 Å². The number of carboxylic acid groups (broad SMARTS) is 1. The number of hydrogen-bond donors (Lipinski definition) is 9. The molecule has 0 radical (unpaired) electrons. The highest BCUT2D eigenvalue weighted by Crippen LogP contribution is 2.22. The molecule has 246 valence electrons. The Morgan fingerprint density at radius 2 is 1.40 bits per heavy atom. The third-order valence-corrected chi connectivity index (χ3v) is 7.25. The number of hydrogen-bond acceptors (Lipinski definition) is 8. The summed E-state index contributed by atoms with van der Waals surface area (Å²) in [5.74, 6) is -3.20. The van der Waals surface area contributed by atoms with E-state index in [0.29, 0.717) is 35.1 Å². The molecule has 2 aromatic carbocycles. The van der Waals surface area contributed by atoms with E-state index in [1.165, 1.54) is 0 Å². The highest BCUT2D eigenvalue weighted by molar-refractivity contribution is 5.94. The van der Waals surface area contributed by atoms with Crippen LogP contribution >= 0.6 is 0 Å². The molecule has 3 amide bonds. The van der Waals surface area contributed by atoms with Gasteiger partial charge in [0.15, 0.2) is 5.96 Å². The lowest BCUT2D eigenvalue weighted by Gasteiger charge is -2.26. The van der Waals surface area contributed by atoms with Gasteiger partial charge in [0.25, 0.3) is 0 Å². The van der Waals surface area contributed by atoms with Crippen LogP contribution in [0.3, 0.4) is 0 Å². The van der Waals surface area contributed by atoms with Crippen molar-refractivity contribution >= 4 is 29.7 Å². The molecular formula is C31H46N8O6. The fraction of sp³-hybridized carbons (Fsp3) is 0.452. The molecule has 2 rings (SSSR count). The number of phenolic OH excluding ortho intramolecular Hbond substituents is 1. The van der Waals surface area contributed by atoms with Crippen molar-refractivity contribution in [2.24, 2.45) is 27.9 Å². The van der Waals surface area contributed by atoms with Gasteiger partial charge in [0, 0.05) is 19.4 Å². The Balaban J connectivity index is 2.28. The van der Waals surface area contributed by atoms with Gasteiger partial charge in [-0.15, -0.1) is 0 Å². The van der Waals surface area contributed by atoms with Crippen molar-refractivity contribution in [1.29, 1.82) is 0 Å². The van der Waals surface area contributed by atoms with Gasteiger partial charge in [0.1, 0.15) is 23.9 Å². The zero-order valence-corrected chi connectivity index (χ0v) is 25.8. The van der Waals surface area contributed by atoms with Crippen LogP contribution in [-0.2, 0) is 32.0 Å². The predicted molar refractivity (Wildman–Crippen MR) is 171 cm³/mol. The summed E-state index contributed by atoms with van der Waals surface area (Å²) in [5, 5.41) is 27.7. The van der Waals surface area contributed by atoms with E-state index in [1.54, 1.807) is 56.3 Å². The SMILES string of the molecule is Cc1cc(O)cc(C)c1C[C@H](NC(=O)[C@H](N)CCCN=C(N)N)C(=O)N[C@@H](CCCN)C(=O)N[C@@H](Cc1ccccc1)C(=O)O. The summed E-state index contributed by atoms with van der Waals surface area (Å²) in [7, 11) is 0. The second-order valence-corrected chi connectivity index (χ2v) is 11.0. The number of phenols is 1. The third kappa shape index (κ3) is 12.4. The zero-order valence-electron chi connectivity index (χ0n) is 25.8. The number of carboxylic acids is 1. The van der Waals surface area contributed by atoms with Crippen molar-refractivity contribution < 1.29 is 29.4 Å². The van der Waals surface area contributed by atoms with Gasteiger partial charge in [-0.3, -0.25) is 19.4 Å². The second kappa shape index (κ2) is 18.2. The molecule has 0 aliphatic heterocycles. The normalized spacial score (nSPS) is 13.5. The molecule has 0 bridgehead atoms. The van der Waals surface area contributed by atoms with E-state index in [1.807, 2.05) is 0 Å². The number of nitrogens with two attached hydrogens (primary N) is 4. The molecule has 0 aliphatic rings. The van der Waals surface area contributed by atoms with Crippen LogP contribution in [0.15, 0.2) is 47.5 Å². The minimum Gasteiger partial charge on any atom is -0.508 e. The van der Waals surface area contributed by atoms with Crippen LogP contribution in [0.1, 0.15) is 47.9 Å². The highest BCUT2D eigenvalue weighted by atomic mass is 16.4. The minimum absolute atomic E-state index is 0.0349. The van der Waals surface area contributed by atoms with Gasteiger partial charge in [-0.25, -0.2) is 4.79 Å². The number of aliphatic imine (C=N–C) groups is 1. The second-order valence-electron chi connectivity index (χ2n) is 11.0. The van der Waals surface area contributed by atoms with Gasteiger partial charge in [-0.2, -0.15) is 0 Å². The lowest BCUT2D eigenvalue weighted by Crippen LogP contribution is -2.58. The topological polar surface area (TPSA) is 261 Å². The molecule has 0 fully saturated rings. The Morgan fingerprint density at radius 3 is 1.98 bits per heavy atom. The molecule has 0 heterocycles. The fourth-order valence-electron chi connectivity index (χ4n) is 4.82. The molecule has 0 saturated carbocycles. The Morgan fingerprint density at radius 1 is 0.822 bits per heavy atom. The van der Waals surface area contributed by atoms with Gasteiger partial charge < -0.3 is 49.1 Å². The Hall–Kier alpha value is -4.69. The van der Waals surface area contributed by atoms with Crippen molar-refractivity contribution in [1.82, 2.24) is 16.0 Å². The Bertz CT molecular complexity index is 1310. The lowest BCUT2D eigenvalue weighted by atomic mass is 9.95. The predicted octanol–water partition coefficient (Wildman–Crippen LogP) is -0.547. The summed E-state index contributed by atoms with van der Waals surface area (Å²) in [5.41, 5.74) is 25.3. The summed E-state index contributed by atoms with van der Waals surface area (Å²) in [6.45, 7) is 4.04. The van der Waals surface area contributed by atoms with Crippen LogP contribution in [0.4, 0.5) is 0 Å². The summed E-state index contributed by atoms with van der Waals surface area (Å²) >= 11 is 0. The molecule has 0 spiro atoms. The number of aromatic hydroxyl groups is 1. The molecule has 0 aliphatic carbocycles. The quantitative estimate of drug-likeness (QED) is 0.0579. The first kappa shape index (κ1) is 36.5. The molecule has 4 atom stereocenters. The molecular weight excluding hydrogens is 580 g/mol. The largest absolute Gasteiger partial charge is 0.508 e. The fourth-order valence-corrected chi connectivity index (χ4v) is 4.82. The van der Waals surface area contributed by atoms with Gasteiger partial charge in [0.05, 0.1) is 6.04 Å².